The molecular weight excluding hydrogens is 291 g/mol. The molecule has 2 nitrogen and oxygen atoms in total. The number of fused-ring (bicyclic) bond motifs is 1. The van der Waals surface area contributed by atoms with Gasteiger partial charge in [-0.1, -0.05) is 29.8 Å². The van der Waals surface area contributed by atoms with Gasteiger partial charge in [0.15, 0.2) is 0 Å². The number of imidazole rings is 1. The summed E-state index contributed by atoms with van der Waals surface area (Å²) in [6.45, 7) is 4.01. The van der Waals surface area contributed by atoms with Crippen LogP contribution in [0.25, 0.3) is 16.7 Å². The highest BCUT2D eigenvalue weighted by molar-refractivity contribution is 6.31. The Morgan fingerprint density at radius 2 is 1.90 bits per heavy atom. The van der Waals surface area contributed by atoms with Gasteiger partial charge in [-0.15, -0.1) is 11.6 Å². The van der Waals surface area contributed by atoms with E-state index < -0.39 is 0 Å². The normalized spacial score (nSPS) is 12.8. The third kappa shape index (κ3) is 2.19. The summed E-state index contributed by atoms with van der Waals surface area (Å²) in [5.41, 5.74) is 4.16. The highest BCUT2D eigenvalue weighted by Crippen LogP contribution is 2.30. The second-order valence-electron chi connectivity index (χ2n) is 4.84. The predicted octanol–water partition coefficient (Wildman–Crippen LogP) is 5.29. The Labute approximate surface area is 128 Å². The van der Waals surface area contributed by atoms with Crippen LogP contribution in [0.5, 0.6) is 0 Å². The Morgan fingerprint density at radius 3 is 2.60 bits per heavy atom. The van der Waals surface area contributed by atoms with Crippen LogP contribution in [0.15, 0.2) is 42.5 Å². The molecule has 0 bridgehead atoms. The molecule has 1 aromatic heterocycles. The molecule has 3 aromatic rings. The van der Waals surface area contributed by atoms with Crippen molar-refractivity contribution in [2.45, 2.75) is 19.2 Å². The molecule has 3 rings (SSSR count). The lowest BCUT2D eigenvalue weighted by atomic mass is 10.2. The second kappa shape index (κ2) is 5.12. The fourth-order valence-corrected chi connectivity index (χ4v) is 2.72. The molecule has 2 aromatic carbocycles. The summed E-state index contributed by atoms with van der Waals surface area (Å²) < 4.78 is 2.11. The number of rotatable bonds is 2. The van der Waals surface area contributed by atoms with Gasteiger partial charge < -0.3 is 0 Å². The molecule has 0 spiro atoms. The molecule has 0 amide bonds. The Hall–Kier alpha value is -1.51. The summed E-state index contributed by atoms with van der Waals surface area (Å²) in [4.78, 5) is 4.64. The van der Waals surface area contributed by atoms with E-state index in [4.69, 9.17) is 23.2 Å². The number of hydrogen-bond donors (Lipinski definition) is 0. The van der Waals surface area contributed by atoms with E-state index in [0.717, 1.165) is 22.5 Å². The van der Waals surface area contributed by atoms with Crippen molar-refractivity contribution in [1.29, 1.82) is 0 Å². The largest absolute Gasteiger partial charge is 0.295 e. The van der Waals surface area contributed by atoms with Crippen LogP contribution >= 0.6 is 23.2 Å². The number of benzene rings is 2. The highest BCUT2D eigenvalue weighted by atomic mass is 35.5. The van der Waals surface area contributed by atoms with Crippen LogP contribution in [0.3, 0.4) is 0 Å². The van der Waals surface area contributed by atoms with Crippen LogP contribution in [0.2, 0.25) is 5.02 Å². The summed E-state index contributed by atoms with van der Waals surface area (Å²) in [5.74, 6) is 0.832. The number of hydrogen-bond acceptors (Lipinski definition) is 1. The van der Waals surface area contributed by atoms with Crippen LogP contribution in [-0.2, 0) is 0 Å². The zero-order valence-corrected chi connectivity index (χ0v) is 12.8. The molecule has 20 heavy (non-hydrogen) atoms. The number of aromatic nitrogens is 2. The first-order valence-corrected chi connectivity index (χ1v) is 7.27. The fraction of sp³-hybridized carbons (Fsp3) is 0.188. The first kappa shape index (κ1) is 13.5. The van der Waals surface area contributed by atoms with E-state index in [1.165, 1.54) is 5.56 Å². The standard InChI is InChI=1S/C16H14Cl2N2/c1-10-5-3-4-6-14(10)20-15-8-7-12(18)9-13(15)19-16(20)11(2)17/h3-9,11H,1-2H3. The lowest BCUT2D eigenvalue weighted by Crippen LogP contribution is -2.03. The molecule has 1 heterocycles. The number of aryl methyl sites for hydroxylation is 1. The molecule has 0 aliphatic heterocycles. The van der Waals surface area contributed by atoms with Crippen molar-refractivity contribution < 1.29 is 0 Å². The highest BCUT2D eigenvalue weighted by Gasteiger charge is 2.17. The van der Waals surface area contributed by atoms with Gasteiger partial charge in [-0.05, 0) is 43.7 Å². The van der Waals surface area contributed by atoms with Gasteiger partial charge in [0, 0.05) is 5.02 Å². The quantitative estimate of drug-likeness (QED) is 0.588. The van der Waals surface area contributed by atoms with Gasteiger partial charge in [-0.25, -0.2) is 4.98 Å². The van der Waals surface area contributed by atoms with E-state index in [2.05, 4.69) is 28.6 Å². The summed E-state index contributed by atoms with van der Waals surface area (Å²) >= 11 is 12.4. The van der Waals surface area contributed by atoms with Crippen LogP contribution in [0.1, 0.15) is 23.7 Å². The van der Waals surface area contributed by atoms with Crippen molar-refractivity contribution in [3.05, 3.63) is 58.9 Å². The molecule has 4 heteroatoms. The molecule has 1 unspecified atom stereocenters. The van der Waals surface area contributed by atoms with E-state index in [1.54, 1.807) is 0 Å². The van der Waals surface area contributed by atoms with Gasteiger partial charge in [0.25, 0.3) is 0 Å². The first-order chi connectivity index (χ1) is 9.58. The lowest BCUT2D eigenvalue weighted by molar-refractivity contribution is 0.878. The maximum absolute atomic E-state index is 6.31. The Morgan fingerprint density at radius 1 is 1.15 bits per heavy atom. The topological polar surface area (TPSA) is 17.8 Å². The molecule has 102 valence electrons. The van der Waals surface area contributed by atoms with Crippen molar-refractivity contribution in [2.75, 3.05) is 0 Å². The summed E-state index contributed by atoms with van der Waals surface area (Å²) in [6.07, 6.45) is 0. The van der Waals surface area contributed by atoms with E-state index in [9.17, 15) is 0 Å². The summed E-state index contributed by atoms with van der Waals surface area (Å²) in [5, 5.41) is 0.501. The van der Waals surface area contributed by atoms with Crippen molar-refractivity contribution in [3.63, 3.8) is 0 Å². The molecule has 0 fully saturated rings. The van der Waals surface area contributed by atoms with E-state index in [0.29, 0.717) is 5.02 Å². The van der Waals surface area contributed by atoms with Gasteiger partial charge in [0.2, 0.25) is 0 Å². The number of alkyl halides is 1. The predicted molar refractivity (Wildman–Crippen MR) is 85.1 cm³/mol. The van der Waals surface area contributed by atoms with Crippen molar-refractivity contribution >= 4 is 34.2 Å². The van der Waals surface area contributed by atoms with Crippen LogP contribution in [-0.4, -0.2) is 9.55 Å². The van der Waals surface area contributed by atoms with Gasteiger partial charge >= 0.3 is 0 Å². The molecule has 0 radical (unpaired) electrons. The zero-order chi connectivity index (χ0) is 14.3. The van der Waals surface area contributed by atoms with E-state index in [1.807, 2.05) is 37.3 Å². The van der Waals surface area contributed by atoms with Gasteiger partial charge in [-0.3, -0.25) is 4.57 Å². The van der Waals surface area contributed by atoms with Gasteiger partial charge in [0.05, 0.1) is 22.1 Å². The van der Waals surface area contributed by atoms with Gasteiger partial charge in [-0.2, -0.15) is 0 Å². The van der Waals surface area contributed by atoms with Crippen LogP contribution in [0.4, 0.5) is 0 Å². The summed E-state index contributed by atoms with van der Waals surface area (Å²) in [6, 6.07) is 13.9. The maximum Gasteiger partial charge on any atom is 0.132 e. The molecule has 0 saturated heterocycles. The van der Waals surface area contributed by atoms with Crippen molar-refractivity contribution in [2.24, 2.45) is 0 Å². The Kier molecular flexibility index (Phi) is 3.45. The monoisotopic (exact) mass is 304 g/mol. The summed E-state index contributed by atoms with van der Waals surface area (Å²) in [7, 11) is 0. The zero-order valence-electron chi connectivity index (χ0n) is 11.3. The molecule has 0 N–H and O–H groups in total. The first-order valence-electron chi connectivity index (χ1n) is 6.46. The molecule has 0 aliphatic carbocycles. The average molecular weight is 305 g/mol. The molecule has 0 aliphatic rings. The third-order valence-corrected chi connectivity index (χ3v) is 3.78. The number of para-hydroxylation sites is 1. The minimum Gasteiger partial charge on any atom is -0.295 e. The fourth-order valence-electron chi connectivity index (χ4n) is 2.41. The maximum atomic E-state index is 6.31. The Balaban J connectivity index is 2.38. The minimum atomic E-state index is -0.180. The van der Waals surface area contributed by atoms with E-state index >= 15 is 0 Å². The van der Waals surface area contributed by atoms with Crippen LogP contribution in [0, 0.1) is 6.92 Å². The molecule has 1 atom stereocenters. The smallest absolute Gasteiger partial charge is 0.132 e. The lowest BCUT2D eigenvalue weighted by Gasteiger charge is -2.13. The SMILES string of the molecule is Cc1ccccc1-n1c(C(C)Cl)nc2cc(Cl)ccc21. The van der Waals surface area contributed by atoms with Crippen LogP contribution < -0.4 is 0 Å². The second-order valence-corrected chi connectivity index (χ2v) is 5.93. The van der Waals surface area contributed by atoms with Crippen molar-refractivity contribution in [3.8, 4) is 5.69 Å². The average Bonchev–Trinajstić information content (AvgIpc) is 2.78. The molecule has 0 saturated carbocycles. The molecular formula is C16H14Cl2N2. The Bertz CT molecular complexity index is 775. The number of nitrogens with zero attached hydrogens (tertiary/aromatic N) is 2. The van der Waals surface area contributed by atoms with E-state index in [-0.39, 0.29) is 5.38 Å². The third-order valence-electron chi connectivity index (χ3n) is 3.35. The van der Waals surface area contributed by atoms with Crippen molar-refractivity contribution in [1.82, 2.24) is 9.55 Å². The number of halogens is 2. The van der Waals surface area contributed by atoms with Gasteiger partial charge in [0.1, 0.15) is 5.82 Å². The minimum absolute atomic E-state index is 0.180.